The van der Waals surface area contributed by atoms with E-state index in [1.54, 1.807) is 0 Å². The first-order chi connectivity index (χ1) is 22.6. The lowest BCUT2D eigenvalue weighted by Gasteiger charge is -2.21. The van der Waals surface area contributed by atoms with Crippen LogP contribution in [-0.2, 0) is 11.8 Å². The van der Waals surface area contributed by atoms with Crippen LogP contribution in [0.1, 0.15) is 36.1 Å². The van der Waals surface area contributed by atoms with Crippen LogP contribution < -0.4 is 0 Å². The SMILES string of the molecule is CC1(C)c2ccccc2-c2cc(-c3cccc4c3Cc3c(-c5cccc(-c6ccc(-c7ccccc7)cc6)c5)cccc3-4)ccc21. The summed E-state index contributed by atoms with van der Waals surface area (Å²) >= 11 is 0. The van der Waals surface area contributed by atoms with Crippen LogP contribution in [0.15, 0.2) is 158 Å². The van der Waals surface area contributed by atoms with Crippen molar-refractivity contribution in [3.63, 3.8) is 0 Å². The molecule has 0 atom stereocenters. The molecule has 2 aliphatic rings. The first kappa shape index (κ1) is 26.9. The Hall–Kier alpha value is -5.46. The highest BCUT2D eigenvalue weighted by atomic mass is 14.4. The molecule has 0 amide bonds. The maximum atomic E-state index is 2.44. The molecule has 0 N–H and O–H groups in total. The summed E-state index contributed by atoms with van der Waals surface area (Å²) in [5.41, 5.74) is 21.4. The summed E-state index contributed by atoms with van der Waals surface area (Å²) in [5.74, 6) is 0. The van der Waals surface area contributed by atoms with E-state index < -0.39 is 0 Å². The smallest absolute Gasteiger partial charge is 0.0158 e. The first-order valence-electron chi connectivity index (χ1n) is 16.3. The predicted molar refractivity (Wildman–Crippen MR) is 194 cm³/mol. The maximum Gasteiger partial charge on any atom is 0.0158 e. The summed E-state index contributed by atoms with van der Waals surface area (Å²) in [5, 5.41) is 0. The van der Waals surface area contributed by atoms with Gasteiger partial charge in [0, 0.05) is 5.41 Å². The third-order valence-corrected chi connectivity index (χ3v) is 10.4. The molecule has 0 radical (unpaired) electrons. The molecule has 0 saturated carbocycles. The monoisotopic (exact) mass is 586 g/mol. The Morgan fingerprint density at radius 1 is 0.326 bits per heavy atom. The van der Waals surface area contributed by atoms with Gasteiger partial charge in [-0.2, -0.15) is 0 Å². The average molecular weight is 587 g/mol. The lowest BCUT2D eigenvalue weighted by Crippen LogP contribution is -2.14. The molecule has 0 unspecified atom stereocenters. The van der Waals surface area contributed by atoms with E-state index in [1.165, 1.54) is 89.0 Å². The zero-order valence-corrected chi connectivity index (χ0v) is 26.2. The van der Waals surface area contributed by atoms with Crippen molar-refractivity contribution in [3.8, 4) is 66.8 Å². The second kappa shape index (κ2) is 10.3. The van der Waals surface area contributed by atoms with Crippen molar-refractivity contribution in [1.82, 2.24) is 0 Å². The summed E-state index contributed by atoms with van der Waals surface area (Å²) < 4.78 is 0. The molecule has 0 spiro atoms. The molecule has 0 heterocycles. The Kier molecular flexibility index (Phi) is 6.02. The zero-order valence-electron chi connectivity index (χ0n) is 26.2. The van der Waals surface area contributed by atoms with Gasteiger partial charge < -0.3 is 0 Å². The molecule has 2 aliphatic carbocycles. The number of benzene rings is 7. The minimum absolute atomic E-state index is 0.0205. The van der Waals surface area contributed by atoms with Gasteiger partial charge in [-0.3, -0.25) is 0 Å². The fourth-order valence-electron chi connectivity index (χ4n) is 8.02. The lowest BCUT2D eigenvalue weighted by molar-refractivity contribution is 0.660. The van der Waals surface area contributed by atoms with Crippen molar-refractivity contribution >= 4 is 0 Å². The number of fused-ring (bicyclic) bond motifs is 6. The molecule has 218 valence electrons. The maximum absolute atomic E-state index is 2.44. The molecular weight excluding hydrogens is 553 g/mol. The number of hydrogen-bond donors (Lipinski definition) is 0. The van der Waals surface area contributed by atoms with Crippen LogP contribution >= 0.6 is 0 Å². The van der Waals surface area contributed by atoms with E-state index >= 15 is 0 Å². The largest absolute Gasteiger partial charge is 0.0622 e. The first-order valence-corrected chi connectivity index (χ1v) is 16.3. The quantitative estimate of drug-likeness (QED) is 0.192. The Morgan fingerprint density at radius 3 is 1.50 bits per heavy atom. The van der Waals surface area contributed by atoms with Crippen molar-refractivity contribution in [3.05, 3.63) is 180 Å². The molecule has 0 aromatic heterocycles. The molecule has 7 aromatic carbocycles. The van der Waals surface area contributed by atoms with Crippen LogP contribution in [0.5, 0.6) is 0 Å². The molecule has 0 nitrogen and oxygen atoms in total. The minimum atomic E-state index is 0.0205. The molecule has 0 bridgehead atoms. The summed E-state index contributed by atoms with van der Waals surface area (Å²) in [4.78, 5) is 0. The van der Waals surface area contributed by atoms with Crippen LogP contribution in [0.4, 0.5) is 0 Å². The van der Waals surface area contributed by atoms with Crippen molar-refractivity contribution in [2.24, 2.45) is 0 Å². The number of hydrogen-bond acceptors (Lipinski definition) is 0. The van der Waals surface area contributed by atoms with Gasteiger partial charge in [-0.15, -0.1) is 0 Å². The van der Waals surface area contributed by atoms with Crippen molar-refractivity contribution in [2.45, 2.75) is 25.7 Å². The second-order valence-corrected chi connectivity index (χ2v) is 13.3. The highest BCUT2D eigenvalue weighted by molar-refractivity contribution is 5.92. The Labute approximate surface area is 271 Å². The van der Waals surface area contributed by atoms with Gasteiger partial charge in [0.1, 0.15) is 0 Å². The third kappa shape index (κ3) is 4.14. The van der Waals surface area contributed by atoms with Gasteiger partial charge in [0.25, 0.3) is 0 Å². The van der Waals surface area contributed by atoms with Gasteiger partial charge in [-0.05, 0) is 108 Å². The summed E-state index contributed by atoms with van der Waals surface area (Å²) in [6, 6.07) is 58.4. The standard InChI is InChI=1S/C46H34/c1-46(2)44-20-7-6-15-40(44)43-28-35(25-26-45(43)46)37-17-10-19-39-38-18-9-16-36(41(38)29-42(37)39)34-14-8-13-33(27-34)32-23-21-31(22-24-32)30-11-4-3-5-12-30/h3-28H,29H2,1-2H3. The highest BCUT2D eigenvalue weighted by Gasteiger charge is 2.35. The zero-order chi connectivity index (χ0) is 30.8. The van der Waals surface area contributed by atoms with Gasteiger partial charge >= 0.3 is 0 Å². The number of rotatable bonds is 4. The van der Waals surface area contributed by atoms with E-state index in [4.69, 9.17) is 0 Å². The van der Waals surface area contributed by atoms with E-state index in [-0.39, 0.29) is 5.41 Å². The average Bonchev–Trinajstić information content (AvgIpc) is 3.61. The normalized spacial score (nSPS) is 13.5. The van der Waals surface area contributed by atoms with Gasteiger partial charge in [0.15, 0.2) is 0 Å². The van der Waals surface area contributed by atoms with Crippen LogP contribution in [0, 0.1) is 0 Å². The van der Waals surface area contributed by atoms with E-state index in [2.05, 4.69) is 172 Å². The topological polar surface area (TPSA) is 0 Å². The molecular formula is C46H34. The van der Waals surface area contributed by atoms with Crippen LogP contribution in [0.25, 0.3) is 66.8 Å². The fourth-order valence-corrected chi connectivity index (χ4v) is 8.02. The van der Waals surface area contributed by atoms with Crippen LogP contribution in [0.3, 0.4) is 0 Å². The second-order valence-electron chi connectivity index (χ2n) is 13.3. The molecule has 9 rings (SSSR count). The van der Waals surface area contributed by atoms with Gasteiger partial charge in [-0.1, -0.05) is 159 Å². The Morgan fingerprint density at radius 2 is 0.783 bits per heavy atom. The molecule has 0 fully saturated rings. The summed E-state index contributed by atoms with van der Waals surface area (Å²) in [6.07, 6.45) is 0.937. The van der Waals surface area contributed by atoms with Gasteiger partial charge in [-0.25, -0.2) is 0 Å². The lowest BCUT2D eigenvalue weighted by atomic mass is 9.82. The molecule has 7 aromatic rings. The van der Waals surface area contributed by atoms with Crippen LogP contribution in [-0.4, -0.2) is 0 Å². The summed E-state index contributed by atoms with van der Waals surface area (Å²) in [7, 11) is 0. The van der Waals surface area contributed by atoms with E-state index in [0.29, 0.717) is 0 Å². The highest BCUT2D eigenvalue weighted by Crippen LogP contribution is 2.51. The third-order valence-electron chi connectivity index (χ3n) is 10.4. The molecule has 0 aliphatic heterocycles. The summed E-state index contributed by atoms with van der Waals surface area (Å²) in [6.45, 7) is 4.70. The molecule has 0 heteroatoms. The molecule has 46 heavy (non-hydrogen) atoms. The predicted octanol–water partition coefficient (Wildman–Crippen LogP) is 12.2. The van der Waals surface area contributed by atoms with Gasteiger partial charge in [0.05, 0.1) is 0 Å². The van der Waals surface area contributed by atoms with Gasteiger partial charge in [0.2, 0.25) is 0 Å². The Balaban J connectivity index is 1.08. The molecule has 0 saturated heterocycles. The minimum Gasteiger partial charge on any atom is -0.0622 e. The van der Waals surface area contributed by atoms with Crippen molar-refractivity contribution in [1.29, 1.82) is 0 Å². The Bertz CT molecular complexity index is 2280. The van der Waals surface area contributed by atoms with E-state index in [9.17, 15) is 0 Å². The van der Waals surface area contributed by atoms with Crippen LogP contribution in [0.2, 0.25) is 0 Å². The van der Waals surface area contributed by atoms with E-state index in [1.807, 2.05) is 0 Å². The van der Waals surface area contributed by atoms with Crippen molar-refractivity contribution < 1.29 is 0 Å². The van der Waals surface area contributed by atoms with Crippen molar-refractivity contribution in [2.75, 3.05) is 0 Å². The fraction of sp³-hybridized carbons (Fsp3) is 0.0870. The van der Waals surface area contributed by atoms with E-state index in [0.717, 1.165) is 6.42 Å².